The summed E-state index contributed by atoms with van der Waals surface area (Å²) in [6.45, 7) is 4.05. The van der Waals surface area contributed by atoms with Crippen LogP contribution >= 0.6 is 11.5 Å². The number of carbonyl (C=O) groups is 2. The zero-order chi connectivity index (χ0) is 15.5. The van der Waals surface area contributed by atoms with E-state index in [0.29, 0.717) is 11.4 Å². The third-order valence-corrected chi connectivity index (χ3v) is 3.92. The summed E-state index contributed by atoms with van der Waals surface area (Å²) in [7, 11) is 0. The first-order chi connectivity index (χ1) is 10.1. The van der Waals surface area contributed by atoms with Crippen LogP contribution in [0.25, 0.3) is 0 Å². The Bertz CT molecular complexity index is 446. The number of aromatic nitrogens is 1. The minimum atomic E-state index is -0.480. The second-order valence-electron chi connectivity index (χ2n) is 5.21. The molecule has 0 aliphatic rings. The van der Waals surface area contributed by atoms with Gasteiger partial charge in [-0.1, -0.05) is 45.4 Å². The lowest BCUT2D eigenvalue weighted by atomic mass is 10.1. The van der Waals surface area contributed by atoms with Gasteiger partial charge in [0.2, 0.25) is 5.91 Å². The van der Waals surface area contributed by atoms with E-state index in [9.17, 15) is 9.59 Å². The second-order valence-corrected chi connectivity index (χ2v) is 6.01. The van der Waals surface area contributed by atoms with Gasteiger partial charge >= 0.3 is 6.03 Å². The Morgan fingerprint density at radius 3 is 2.43 bits per heavy atom. The van der Waals surface area contributed by atoms with Crippen molar-refractivity contribution in [1.29, 1.82) is 0 Å². The number of hydrogen-bond donors (Lipinski definition) is 2. The molecular formula is C15H25N3O2S. The molecule has 0 aromatic carbocycles. The minimum absolute atomic E-state index is 0.220. The van der Waals surface area contributed by atoms with E-state index in [-0.39, 0.29) is 5.91 Å². The number of unbranched alkanes of at least 4 members (excludes halogenated alkanes) is 6. The zero-order valence-corrected chi connectivity index (χ0v) is 13.7. The first kappa shape index (κ1) is 17.6. The summed E-state index contributed by atoms with van der Waals surface area (Å²) < 4.78 is 4.05. The molecular weight excluding hydrogens is 286 g/mol. The molecule has 0 bridgehead atoms. The number of anilines is 1. The van der Waals surface area contributed by atoms with E-state index in [1.807, 2.05) is 6.92 Å². The van der Waals surface area contributed by atoms with Crippen LogP contribution < -0.4 is 10.6 Å². The molecule has 2 N–H and O–H groups in total. The van der Waals surface area contributed by atoms with Gasteiger partial charge in [0, 0.05) is 6.42 Å². The minimum Gasteiger partial charge on any atom is -0.298 e. The number of nitrogens with zero attached hydrogens (tertiary/aromatic N) is 1. The van der Waals surface area contributed by atoms with Gasteiger partial charge in [0.25, 0.3) is 0 Å². The molecule has 1 aromatic heterocycles. The van der Waals surface area contributed by atoms with E-state index < -0.39 is 6.03 Å². The van der Waals surface area contributed by atoms with Crippen molar-refractivity contribution in [2.24, 2.45) is 0 Å². The molecule has 0 unspecified atom stereocenters. The molecule has 0 aliphatic carbocycles. The molecule has 0 aliphatic heterocycles. The number of rotatable bonds is 9. The van der Waals surface area contributed by atoms with Crippen molar-refractivity contribution < 1.29 is 9.59 Å². The van der Waals surface area contributed by atoms with Crippen molar-refractivity contribution >= 4 is 28.5 Å². The molecule has 21 heavy (non-hydrogen) atoms. The number of aryl methyl sites for hydroxylation is 1. The average molecular weight is 311 g/mol. The summed E-state index contributed by atoms with van der Waals surface area (Å²) in [5, 5.41) is 5.59. The number of nitrogens with one attached hydrogen (secondary N) is 2. The van der Waals surface area contributed by atoms with E-state index in [1.165, 1.54) is 43.6 Å². The van der Waals surface area contributed by atoms with Crippen LogP contribution in [0.4, 0.5) is 9.80 Å². The van der Waals surface area contributed by atoms with Gasteiger partial charge in [-0.3, -0.25) is 15.4 Å². The summed E-state index contributed by atoms with van der Waals surface area (Å²) in [5.41, 5.74) is 0.852. The molecule has 3 amide bonds. The van der Waals surface area contributed by atoms with Crippen LogP contribution in [0.1, 0.15) is 64.0 Å². The lowest BCUT2D eigenvalue weighted by molar-refractivity contribution is -0.120. The van der Waals surface area contributed by atoms with Gasteiger partial charge in [-0.05, 0) is 30.9 Å². The summed E-state index contributed by atoms with van der Waals surface area (Å²) in [6, 6.07) is 1.29. The van der Waals surface area contributed by atoms with Crippen LogP contribution in [0.5, 0.6) is 0 Å². The van der Waals surface area contributed by atoms with Crippen molar-refractivity contribution in [2.75, 3.05) is 5.32 Å². The van der Waals surface area contributed by atoms with Gasteiger partial charge in [-0.15, -0.1) is 0 Å². The molecule has 1 aromatic rings. The van der Waals surface area contributed by atoms with Crippen molar-refractivity contribution in [3.8, 4) is 0 Å². The molecule has 0 fully saturated rings. The van der Waals surface area contributed by atoms with Gasteiger partial charge in [-0.2, -0.15) is 4.37 Å². The first-order valence-corrected chi connectivity index (χ1v) is 8.43. The van der Waals surface area contributed by atoms with Crippen LogP contribution in [-0.4, -0.2) is 16.3 Å². The Kier molecular flexibility index (Phi) is 8.66. The largest absolute Gasteiger partial charge is 0.326 e. The molecule has 6 heteroatoms. The predicted molar refractivity (Wildman–Crippen MR) is 86.6 cm³/mol. The predicted octanol–water partition coefficient (Wildman–Crippen LogP) is 4.24. The lowest BCUT2D eigenvalue weighted by Gasteiger charge is -2.04. The summed E-state index contributed by atoms with van der Waals surface area (Å²) in [6.07, 6.45) is 8.51. The number of imide groups is 1. The molecule has 1 rings (SSSR count). The van der Waals surface area contributed by atoms with Crippen LogP contribution in [-0.2, 0) is 4.79 Å². The second kappa shape index (κ2) is 10.3. The standard InChI is InChI=1S/C15H25N3O2S/c1-3-4-5-6-7-8-9-10-13(19)16-15(20)17-14-11-12(2)18-21-14/h11H,3-10H2,1-2H3,(H2,16,17,19,20). The lowest BCUT2D eigenvalue weighted by Crippen LogP contribution is -2.33. The third kappa shape index (κ3) is 8.45. The van der Waals surface area contributed by atoms with Crippen molar-refractivity contribution in [3.63, 3.8) is 0 Å². The highest BCUT2D eigenvalue weighted by molar-refractivity contribution is 7.10. The van der Waals surface area contributed by atoms with E-state index in [2.05, 4.69) is 21.9 Å². The Balaban J connectivity index is 2.06. The van der Waals surface area contributed by atoms with E-state index in [0.717, 1.165) is 18.5 Å². The maximum atomic E-state index is 11.6. The molecule has 118 valence electrons. The molecule has 0 saturated carbocycles. The van der Waals surface area contributed by atoms with Gasteiger partial charge in [0.05, 0.1) is 5.69 Å². The molecule has 0 saturated heterocycles. The summed E-state index contributed by atoms with van der Waals surface area (Å²) in [5.74, 6) is -0.220. The van der Waals surface area contributed by atoms with Crippen LogP contribution in [0.2, 0.25) is 0 Å². The number of hydrogen-bond acceptors (Lipinski definition) is 4. The highest BCUT2D eigenvalue weighted by Gasteiger charge is 2.08. The smallest absolute Gasteiger partial charge is 0.298 e. The van der Waals surface area contributed by atoms with Crippen molar-refractivity contribution in [3.05, 3.63) is 11.8 Å². The normalized spacial score (nSPS) is 10.4. The summed E-state index contributed by atoms with van der Waals surface area (Å²) >= 11 is 1.20. The molecule has 0 spiro atoms. The van der Waals surface area contributed by atoms with Crippen LogP contribution in [0.3, 0.4) is 0 Å². The fourth-order valence-corrected chi connectivity index (χ4v) is 2.65. The van der Waals surface area contributed by atoms with Crippen molar-refractivity contribution in [2.45, 2.75) is 65.2 Å². The Labute approximate surface area is 130 Å². The van der Waals surface area contributed by atoms with Gasteiger partial charge in [-0.25, -0.2) is 4.79 Å². The molecule has 5 nitrogen and oxygen atoms in total. The maximum absolute atomic E-state index is 11.6. The average Bonchev–Trinajstić information content (AvgIpc) is 2.82. The SMILES string of the molecule is CCCCCCCCCC(=O)NC(=O)Nc1cc(C)ns1. The number of urea groups is 1. The Morgan fingerprint density at radius 2 is 1.81 bits per heavy atom. The molecule has 1 heterocycles. The van der Waals surface area contributed by atoms with Gasteiger partial charge in [0.1, 0.15) is 5.00 Å². The monoisotopic (exact) mass is 311 g/mol. The van der Waals surface area contributed by atoms with E-state index >= 15 is 0 Å². The zero-order valence-electron chi connectivity index (χ0n) is 12.9. The topological polar surface area (TPSA) is 71.1 Å². The van der Waals surface area contributed by atoms with Gasteiger partial charge < -0.3 is 0 Å². The van der Waals surface area contributed by atoms with E-state index in [4.69, 9.17) is 0 Å². The van der Waals surface area contributed by atoms with Crippen LogP contribution in [0.15, 0.2) is 6.07 Å². The quantitative estimate of drug-likeness (QED) is 0.670. The van der Waals surface area contributed by atoms with Gasteiger partial charge in [0.15, 0.2) is 0 Å². The summed E-state index contributed by atoms with van der Waals surface area (Å²) in [4.78, 5) is 23.2. The molecule has 0 radical (unpaired) electrons. The highest BCUT2D eigenvalue weighted by Crippen LogP contribution is 2.15. The number of amides is 3. The van der Waals surface area contributed by atoms with Crippen molar-refractivity contribution in [1.82, 2.24) is 9.69 Å². The Hall–Kier alpha value is -1.43. The fourth-order valence-electron chi connectivity index (χ4n) is 2.00. The maximum Gasteiger partial charge on any atom is 0.326 e. The van der Waals surface area contributed by atoms with Crippen LogP contribution in [0, 0.1) is 6.92 Å². The first-order valence-electron chi connectivity index (χ1n) is 7.66. The molecule has 0 atom stereocenters. The van der Waals surface area contributed by atoms with E-state index in [1.54, 1.807) is 6.07 Å². The third-order valence-electron chi connectivity index (χ3n) is 3.13. The fraction of sp³-hybridized carbons (Fsp3) is 0.667. The Morgan fingerprint density at radius 1 is 1.14 bits per heavy atom. The number of carbonyl (C=O) groups excluding carboxylic acids is 2. The highest BCUT2D eigenvalue weighted by atomic mass is 32.1.